The van der Waals surface area contributed by atoms with E-state index in [0.717, 1.165) is 6.07 Å². The van der Waals surface area contributed by atoms with Crippen molar-refractivity contribution in [2.45, 2.75) is 18.7 Å². The Kier molecular flexibility index (Phi) is 3.88. The largest absolute Gasteiger partial charge is 0.442 e. The summed E-state index contributed by atoms with van der Waals surface area (Å²) in [6, 6.07) is 3.84. The summed E-state index contributed by atoms with van der Waals surface area (Å²) in [5.74, 6) is 0. The highest BCUT2D eigenvalue weighted by Crippen LogP contribution is 2.38. The van der Waals surface area contributed by atoms with Gasteiger partial charge in [-0.15, -0.1) is 0 Å². The topological polar surface area (TPSA) is 74.2 Å². The van der Waals surface area contributed by atoms with Gasteiger partial charge in [0.1, 0.15) is 12.3 Å². The van der Waals surface area contributed by atoms with Crippen molar-refractivity contribution in [2.75, 3.05) is 24.6 Å². The van der Waals surface area contributed by atoms with Gasteiger partial charge in [-0.05, 0) is 18.6 Å². The van der Waals surface area contributed by atoms with E-state index in [9.17, 15) is 23.1 Å². The zero-order chi connectivity index (χ0) is 16.6. The second kappa shape index (κ2) is 5.73. The zero-order valence-electron chi connectivity index (χ0n) is 11.9. The first-order chi connectivity index (χ1) is 10.8. The molecule has 0 saturated carbocycles. The van der Waals surface area contributed by atoms with Crippen LogP contribution < -0.4 is 10.3 Å². The van der Waals surface area contributed by atoms with Crippen LogP contribution >= 0.6 is 0 Å². The number of β-amino-alcohol motifs (C(OH)–C–C–N with tert-alkyl or cyclic N) is 1. The summed E-state index contributed by atoms with van der Waals surface area (Å²) in [7, 11) is 0. The molecule has 0 radical (unpaired) electrons. The van der Waals surface area contributed by atoms with Crippen LogP contribution in [-0.2, 0) is 10.9 Å². The van der Waals surface area contributed by atoms with Crippen molar-refractivity contribution >= 4 is 17.5 Å². The SMILES string of the molecule is O=C1NN=C(c2ccc(N3CC[C@@H](O)C3)c(C(F)(F)F)c2)CO1. The number of hydrazone groups is 1. The standard InChI is InChI=1S/C14H14F3N3O3/c15-14(16,17)10-5-8(11-7-23-13(22)19-18-11)1-2-12(10)20-4-3-9(21)6-20/h1-2,5,9,21H,3-4,6-7H2,(H,19,22)/t9-/m1/s1. The Hall–Kier alpha value is -2.29. The van der Waals surface area contributed by atoms with E-state index in [1.807, 2.05) is 0 Å². The number of nitrogens with zero attached hydrogens (tertiary/aromatic N) is 2. The van der Waals surface area contributed by atoms with Crippen molar-refractivity contribution in [3.8, 4) is 0 Å². The van der Waals surface area contributed by atoms with Gasteiger partial charge in [0.2, 0.25) is 0 Å². The number of anilines is 1. The van der Waals surface area contributed by atoms with Crippen LogP contribution in [0.15, 0.2) is 23.3 Å². The predicted octanol–water partition coefficient (Wildman–Crippen LogP) is 1.72. The van der Waals surface area contributed by atoms with Crippen molar-refractivity contribution < 1.29 is 27.8 Å². The molecular formula is C14H14F3N3O3. The number of aliphatic hydroxyl groups excluding tert-OH is 1. The number of carbonyl (C=O) groups is 1. The first-order valence-electron chi connectivity index (χ1n) is 6.98. The van der Waals surface area contributed by atoms with Crippen molar-refractivity contribution in [1.82, 2.24) is 5.43 Å². The fraction of sp³-hybridized carbons (Fsp3) is 0.429. The van der Waals surface area contributed by atoms with E-state index in [2.05, 4.69) is 10.5 Å². The van der Waals surface area contributed by atoms with Crippen LogP contribution in [0.3, 0.4) is 0 Å². The number of carbonyl (C=O) groups excluding carboxylic acids is 1. The van der Waals surface area contributed by atoms with E-state index in [1.165, 1.54) is 17.0 Å². The second-order valence-corrected chi connectivity index (χ2v) is 5.36. The monoisotopic (exact) mass is 329 g/mol. The fourth-order valence-electron chi connectivity index (χ4n) is 2.64. The molecule has 1 amide bonds. The first-order valence-corrected chi connectivity index (χ1v) is 6.98. The molecule has 1 aromatic carbocycles. The van der Waals surface area contributed by atoms with Crippen LogP contribution in [0.2, 0.25) is 0 Å². The molecule has 0 aliphatic carbocycles. The normalized spacial score (nSPS) is 21.7. The number of hydrogen-bond acceptors (Lipinski definition) is 5. The predicted molar refractivity (Wildman–Crippen MR) is 75.3 cm³/mol. The van der Waals surface area contributed by atoms with Gasteiger partial charge in [-0.2, -0.15) is 18.3 Å². The van der Waals surface area contributed by atoms with Crippen molar-refractivity contribution in [3.63, 3.8) is 0 Å². The number of cyclic esters (lactones) is 1. The third-order valence-electron chi connectivity index (χ3n) is 3.76. The molecule has 0 aromatic heterocycles. The van der Waals surface area contributed by atoms with E-state index >= 15 is 0 Å². The van der Waals surface area contributed by atoms with Gasteiger partial charge in [-0.25, -0.2) is 10.2 Å². The van der Waals surface area contributed by atoms with E-state index in [0.29, 0.717) is 13.0 Å². The third kappa shape index (κ3) is 3.24. The second-order valence-electron chi connectivity index (χ2n) is 5.36. The summed E-state index contributed by atoms with van der Waals surface area (Å²) >= 11 is 0. The lowest BCUT2D eigenvalue weighted by molar-refractivity contribution is -0.137. The van der Waals surface area contributed by atoms with Gasteiger partial charge in [0, 0.05) is 24.3 Å². The highest BCUT2D eigenvalue weighted by atomic mass is 19.4. The van der Waals surface area contributed by atoms with Gasteiger partial charge in [-0.3, -0.25) is 0 Å². The number of rotatable bonds is 2. The lowest BCUT2D eigenvalue weighted by Gasteiger charge is -2.24. The van der Waals surface area contributed by atoms with Gasteiger partial charge in [0.15, 0.2) is 0 Å². The van der Waals surface area contributed by atoms with Crippen molar-refractivity contribution in [1.29, 1.82) is 0 Å². The maximum absolute atomic E-state index is 13.4. The first kappa shape index (κ1) is 15.6. The summed E-state index contributed by atoms with van der Waals surface area (Å²) in [6.45, 7) is 0.344. The molecule has 6 nitrogen and oxygen atoms in total. The molecular weight excluding hydrogens is 315 g/mol. The Morgan fingerprint density at radius 1 is 1.39 bits per heavy atom. The molecule has 1 saturated heterocycles. The molecule has 0 spiro atoms. The Labute approximate surface area is 129 Å². The summed E-state index contributed by atoms with van der Waals surface area (Å²) in [5, 5.41) is 13.3. The molecule has 23 heavy (non-hydrogen) atoms. The third-order valence-corrected chi connectivity index (χ3v) is 3.76. The zero-order valence-corrected chi connectivity index (χ0v) is 11.9. The van der Waals surface area contributed by atoms with Crippen molar-refractivity contribution in [3.05, 3.63) is 29.3 Å². The Morgan fingerprint density at radius 2 is 2.17 bits per heavy atom. The molecule has 0 bridgehead atoms. The minimum Gasteiger partial charge on any atom is -0.442 e. The highest BCUT2D eigenvalue weighted by molar-refractivity contribution is 6.04. The Balaban J connectivity index is 1.97. The number of alkyl halides is 3. The molecule has 2 heterocycles. The van der Waals surface area contributed by atoms with Crippen LogP contribution in [0.4, 0.5) is 23.7 Å². The van der Waals surface area contributed by atoms with E-state index < -0.39 is 23.9 Å². The minimum atomic E-state index is -4.54. The maximum Gasteiger partial charge on any atom is 0.428 e. The number of aliphatic hydroxyl groups is 1. The van der Waals surface area contributed by atoms with E-state index in [1.54, 1.807) is 0 Å². The summed E-state index contributed by atoms with van der Waals surface area (Å²) in [4.78, 5) is 12.4. The van der Waals surface area contributed by atoms with E-state index in [-0.39, 0.29) is 30.1 Å². The van der Waals surface area contributed by atoms with E-state index in [4.69, 9.17) is 4.74 Å². The molecule has 1 atom stereocenters. The molecule has 2 aliphatic heterocycles. The number of hydrogen-bond donors (Lipinski definition) is 2. The number of nitrogens with one attached hydrogen (secondary N) is 1. The van der Waals surface area contributed by atoms with Crippen LogP contribution in [0.1, 0.15) is 17.5 Å². The Morgan fingerprint density at radius 3 is 2.74 bits per heavy atom. The quantitative estimate of drug-likeness (QED) is 0.866. The number of benzene rings is 1. The number of amides is 1. The summed E-state index contributed by atoms with van der Waals surface area (Å²) < 4.78 is 44.8. The summed E-state index contributed by atoms with van der Waals surface area (Å²) in [5.41, 5.74) is 1.73. The lowest BCUT2D eigenvalue weighted by atomic mass is 10.0. The molecule has 3 rings (SSSR count). The van der Waals surface area contributed by atoms with Crippen LogP contribution in [0.5, 0.6) is 0 Å². The molecule has 1 fully saturated rings. The van der Waals surface area contributed by atoms with Crippen LogP contribution in [0.25, 0.3) is 0 Å². The van der Waals surface area contributed by atoms with Crippen LogP contribution in [0, 0.1) is 0 Å². The minimum absolute atomic E-state index is 0.0270. The van der Waals surface area contributed by atoms with Crippen molar-refractivity contribution in [2.24, 2.45) is 5.10 Å². The highest BCUT2D eigenvalue weighted by Gasteiger charge is 2.37. The van der Waals surface area contributed by atoms with Gasteiger partial charge < -0.3 is 14.7 Å². The molecule has 0 unspecified atom stereocenters. The molecule has 124 valence electrons. The lowest BCUT2D eigenvalue weighted by Crippen LogP contribution is -2.31. The smallest absolute Gasteiger partial charge is 0.428 e. The fourth-order valence-corrected chi connectivity index (χ4v) is 2.64. The number of ether oxygens (including phenoxy) is 1. The van der Waals surface area contributed by atoms with Gasteiger partial charge in [0.05, 0.1) is 11.7 Å². The Bertz CT molecular complexity index is 660. The molecule has 2 N–H and O–H groups in total. The molecule has 2 aliphatic rings. The van der Waals surface area contributed by atoms with Gasteiger partial charge >= 0.3 is 12.3 Å². The maximum atomic E-state index is 13.4. The average Bonchev–Trinajstić information content (AvgIpc) is 2.93. The van der Waals surface area contributed by atoms with Gasteiger partial charge in [0.25, 0.3) is 0 Å². The average molecular weight is 329 g/mol. The van der Waals surface area contributed by atoms with Crippen LogP contribution in [-0.4, -0.2) is 42.7 Å². The molecule has 1 aromatic rings. The molecule has 9 heteroatoms. The number of halogens is 3. The summed E-state index contributed by atoms with van der Waals surface area (Å²) in [6.07, 6.45) is -5.47. The van der Waals surface area contributed by atoms with Gasteiger partial charge in [-0.1, -0.05) is 6.07 Å².